The first kappa shape index (κ1) is 13.3. The van der Waals surface area contributed by atoms with Gasteiger partial charge in [-0.15, -0.1) is 0 Å². The van der Waals surface area contributed by atoms with Gasteiger partial charge < -0.3 is 0 Å². The Morgan fingerprint density at radius 1 is 1.39 bits per heavy atom. The van der Waals surface area contributed by atoms with Gasteiger partial charge in [0.05, 0.1) is 12.1 Å². The van der Waals surface area contributed by atoms with Crippen LogP contribution in [0.2, 0.25) is 0 Å². The van der Waals surface area contributed by atoms with Crippen LogP contribution < -0.4 is 0 Å². The number of aryl methyl sites for hydroxylation is 1. The number of hydrogen-bond acceptors (Lipinski definition) is 2. The number of Topliss-reactive ketones (excluding diaryl/α,β-unsaturated/α-hetero) is 1. The van der Waals surface area contributed by atoms with Crippen LogP contribution in [0.1, 0.15) is 51.1 Å². The van der Waals surface area contributed by atoms with E-state index in [1.165, 1.54) is 25.7 Å². The molecular formula is C15H24N2O. The standard InChI is InChI=1S/C15H24N2O/c1-3-4-12-5-7-13(8-6-12)15(18)11-14-9-10-17(2)16-14/h9-10,12-13H,3-8,11H2,1-2H3. The SMILES string of the molecule is CCCC1CCC(C(=O)Cc2ccn(C)n2)CC1. The highest BCUT2D eigenvalue weighted by Gasteiger charge is 2.25. The van der Waals surface area contributed by atoms with Crippen molar-refractivity contribution >= 4 is 5.78 Å². The molecular weight excluding hydrogens is 224 g/mol. The molecule has 0 atom stereocenters. The van der Waals surface area contributed by atoms with E-state index in [9.17, 15) is 4.79 Å². The monoisotopic (exact) mass is 248 g/mol. The Bertz CT molecular complexity index is 389. The summed E-state index contributed by atoms with van der Waals surface area (Å²) >= 11 is 0. The maximum absolute atomic E-state index is 12.2. The van der Waals surface area contributed by atoms with Crippen LogP contribution in [-0.2, 0) is 18.3 Å². The van der Waals surface area contributed by atoms with E-state index in [4.69, 9.17) is 0 Å². The van der Waals surface area contributed by atoms with Crippen molar-refractivity contribution in [2.75, 3.05) is 0 Å². The molecule has 1 aromatic heterocycles. The lowest BCUT2D eigenvalue weighted by molar-refractivity contribution is -0.123. The largest absolute Gasteiger partial charge is 0.299 e. The van der Waals surface area contributed by atoms with E-state index in [0.29, 0.717) is 18.1 Å². The minimum absolute atomic E-state index is 0.292. The molecule has 1 heterocycles. The number of nitrogens with zero attached hydrogens (tertiary/aromatic N) is 2. The molecule has 1 fully saturated rings. The van der Waals surface area contributed by atoms with Gasteiger partial charge in [-0.2, -0.15) is 5.10 Å². The van der Waals surface area contributed by atoms with Crippen LogP contribution in [0.5, 0.6) is 0 Å². The molecule has 1 aliphatic carbocycles. The van der Waals surface area contributed by atoms with E-state index in [2.05, 4.69) is 12.0 Å². The minimum Gasteiger partial charge on any atom is -0.299 e. The van der Waals surface area contributed by atoms with Gasteiger partial charge in [0, 0.05) is 19.2 Å². The van der Waals surface area contributed by atoms with Gasteiger partial charge in [-0.3, -0.25) is 9.48 Å². The van der Waals surface area contributed by atoms with Crippen molar-refractivity contribution in [1.29, 1.82) is 0 Å². The van der Waals surface area contributed by atoms with Gasteiger partial charge in [-0.25, -0.2) is 0 Å². The van der Waals surface area contributed by atoms with Crippen LogP contribution in [0.25, 0.3) is 0 Å². The van der Waals surface area contributed by atoms with E-state index >= 15 is 0 Å². The summed E-state index contributed by atoms with van der Waals surface area (Å²) in [5.41, 5.74) is 0.915. The normalized spacial score (nSPS) is 24.1. The second kappa shape index (κ2) is 6.17. The molecule has 1 aromatic rings. The van der Waals surface area contributed by atoms with Crippen molar-refractivity contribution in [3.8, 4) is 0 Å². The van der Waals surface area contributed by atoms with Gasteiger partial charge >= 0.3 is 0 Å². The molecule has 0 bridgehead atoms. The van der Waals surface area contributed by atoms with E-state index in [1.807, 2.05) is 19.3 Å². The van der Waals surface area contributed by atoms with Crippen molar-refractivity contribution in [1.82, 2.24) is 9.78 Å². The van der Waals surface area contributed by atoms with Gasteiger partial charge in [0.25, 0.3) is 0 Å². The lowest BCUT2D eigenvalue weighted by Gasteiger charge is -2.27. The summed E-state index contributed by atoms with van der Waals surface area (Å²) in [6.07, 6.45) is 9.70. The summed E-state index contributed by atoms with van der Waals surface area (Å²) in [6.45, 7) is 2.25. The van der Waals surface area contributed by atoms with Gasteiger partial charge in [-0.05, 0) is 37.7 Å². The Morgan fingerprint density at radius 2 is 2.11 bits per heavy atom. The predicted molar refractivity (Wildman–Crippen MR) is 72.3 cm³/mol. The first-order valence-electron chi connectivity index (χ1n) is 7.20. The first-order chi connectivity index (χ1) is 8.69. The summed E-state index contributed by atoms with van der Waals surface area (Å²) in [4.78, 5) is 12.2. The van der Waals surface area contributed by atoms with E-state index in [0.717, 1.165) is 24.5 Å². The summed E-state index contributed by atoms with van der Waals surface area (Å²) in [5.74, 6) is 1.55. The van der Waals surface area contributed by atoms with Crippen LogP contribution in [0.15, 0.2) is 12.3 Å². The van der Waals surface area contributed by atoms with Crippen molar-refractivity contribution < 1.29 is 4.79 Å². The average molecular weight is 248 g/mol. The van der Waals surface area contributed by atoms with Crippen LogP contribution in [0.4, 0.5) is 0 Å². The van der Waals surface area contributed by atoms with Gasteiger partial charge in [0.1, 0.15) is 5.78 Å². The molecule has 100 valence electrons. The topological polar surface area (TPSA) is 34.9 Å². The second-order valence-corrected chi connectivity index (χ2v) is 5.63. The zero-order chi connectivity index (χ0) is 13.0. The molecule has 0 saturated heterocycles. The number of rotatable bonds is 5. The van der Waals surface area contributed by atoms with Crippen molar-refractivity contribution in [2.45, 2.75) is 51.9 Å². The fourth-order valence-electron chi connectivity index (χ4n) is 3.06. The molecule has 3 heteroatoms. The molecule has 0 unspecified atom stereocenters. The van der Waals surface area contributed by atoms with Gasteiger partial charge in [-0.1, -0.05) is 19.8 Å². The number of hydrogen-bond donors (Lipinski definition) is 0. The summed E-state index contributed by atoms with van der Waals surface area (Å²) in [6, 6.07) is 1.95. The van der Waals surface area contributed by atoms with E-state index in [-0.39, 0.29) is 0 Å². The van der Waals surface area contributed by atoms with Crippen molar-refractivity contribution in [3.05, 3.63) is 18.0 Å². The molecule has 0 radical (unpaired) electrons. The molecule has 18 heavy (non-hydrogen) atoms. The highest BCUT2D eigenvalue weighted by Crippen LogP contribution is 2.32. The molecule has 0 spiro atoms. The van der Waals surface area contributed by atoms with Crippen LogP contribution in [-0.4, -0.2) is 15.6 Å². The zero-order valence-corrected chi connectivity index (χ0v) is 11.6. The molecule has 2 rings (SSSR count). The maximum Gasteiger partial charge on any atom is 0.141 e. The Labute approximate surface area is 110 Å². The minimum atomic E-state index is 0.292. The van der Waals surface area contributed by atoms with Gasteiger partial charge in [0.15, 0.2) is 0 Å². The Kier molecular flexibility index (Phi) is 4.56. The molecule has 1 aliphatic rings. The van der Waals surface area contributed by atoms with E-state index in [1.54, 1.807) is 4.68 Å². The first-order valence-corrected chi connectivity index (χ1v) is 7.20. The summed E-state index contributed by atoms with van der Waals surface area (Å²) in [7, 11) is 1.89. The maximum atomic E-state index is 12.2. The third-order valence-corrected chi connectivity index (χ3v) is 4.12. The highest BCUT2D eigenvalue weighted by molar-refractivity contribution is 5.82. The smallest absolute Gasteiger partial charge is 0.141 e. The molecule has 0 N–H and O–H groups in total. The zero-order valence-electron chi connectivity index (χ0n) is 11.6. The molecule has 0 aromatic carbocycles. The second-order valence-electron chi connectivity index (χ2n) is 5.63. The Hall–Kier alpha value is -1.12. The summed E-state index contributed by atoms with van der Waals surface area (Å²) < 4.78 is 1.76. The average Bonchev–Trinajstić information content (AvgIpc) is 2.76. The van der Waals surface area contributed by atoms with Crippen LogP contribution in [0, 0.1) is 11.8 Å². The molecule has 3 nitrogen and oxygen atoms in total. The summed E-state index contributed by atoms with van der Waals surface area (Å²) in [5, 5.41) is 4.29. The van der Waals surface area contributed by atoms with Crippen LogP contribution in [0.3, 0.4) is 0 Å². The van der Waals surface area contributed by atoms with Crippen molar-refractivity contribution in [3.63, 3.8) is 0 Å². The Morgan fingerprint density at radius 3 is 2.67 bits per heavy atom. The third kappa shape index (κ3) is 3.44. The van der Waals surface area contributed by atoms with E-state index < -0.39 is 0 Å². The van der Waals surface area contributed by atoms with Gasteiger partial charge in [0.2, 0.25) is 0 Å². The molecule has 0 aliphatic heterocycles. The third-order valence-electron chi connectivity index (χ3n) is 4.12. The fraction of sp³-hybridized carbons (Fsp3) is 0.733. The molecule has 0 amide bonds. The number of carbonyl (C=O) groups is 1. The predicted octanol–water partition coefficient (Wildman–Crippen LogP) is 3.14. The number of carbonyl (C=O) groups excluding carboxylic acids is 1. The lowest BCUT2D eigenvalue weighted by atomic mass is 9.78. The molecule has 1 saturated carbocycles. The Balaban J connectivity index is 1.80. The van der Waals surface area contributed by atoms with Crippen molar-refractivity contribution in [2.24, 2.45) is 18.9 Å². The fourth-order valence-corrected chi connectivity index (χ4v) is 3.06. The number of aromatic nitrogens is 2. The lowest BCUT2D eigenvalue weighted by Crippen LogP contribution is -2.23. The van der Waals surface area contributed by atoms with Crippen LogP contribution >= 0.6 is 0 Å². The number of ketones is 1. The quantitative estimate of drug-likeness (QED) is 0.802. The highest BCUT2D eigenvalue weighted by atomic mass is 16.1.